The summed E-state index contributed by atoms with van der Waals surface area (Å²) in [5.74, 6) is 3.16. The van der Waals surface area contributed by atoms with Crippen molar-refractivity contribution >= 4 is 0 Å². The summed E-state index contributed by atoms with van der Waals surface area (Å²) < 4.78 is 34.8. The fourth-order valence-electron chi connectivity index (χ4n) is 7.49. The van der Waals surface area contributed by atoms with Crippen LogP contribution in [0.4, 0.5) is 8.78 Å². The third-order valence-corrected chi connectivity index (χ3v) is 9.62. The quantitative estimate of drug-likeness (QED) is 0.328. The van der Waals surface area contributed by atoms with Crippen LogP contribution in [0.3, 0.4) is 0 Å². The molecule has 0 heterocycles. The lowest BCUT2D eigenvalue weighted by molar-refractivity contribution is 0.107. The van der Waals surface area contributed by atoms with Crippen LogP contribution in [0.25, 0.3) is 0 Å². The molecule has 3 aliphatic rings. The molecule has 4 atom stereocenters. The first-order valence-corrected chi connectivity index (χ1v) is 14.7. The van der Waals surface area contributed by atoms with E-state index in [0.29, 0.717) is 18.1 Å². The number of fused-ring (bicyclic) bond motifs is 1. The monoisotopic (exact) mass is 474 g/mol. The SMILES string of the molecule is CCCCC1CCC(CCC2CCC3CC(c4ccc(OCCC)c(F)c4F)CCC3C2)CC1. The van der Waals surface area contributed by atoms with Gasteiger partial charge in [-0.05, 0) is 85.7 Å². The van der Waals surface area contributed by atoms with E-state index in [2.05, 4.69) is 6.92 Å². The van der Waals surface area contributed by atoms with Gasteiger partial charge < -0.3 is 4.74 Å². The van der Waals surface area contributed by atoms with E-state index in [1.54, 1.807) is 12.1 Å². The maximum absolute atomic E-state index is 14.9. The second kappa shape index (κ2) is 12.7. The van der Waals surface area contributed by atoms with Crippen LogP contribution in [0.5, 0.6) is 5.75 Å². The molecular weight excluding hydrogens is 426 g/mol. The highest BCUT2D eigenvalue weighted by Crippen LogP contribution is 2.49. The Balaban J connectivity index is 1.22. The molecule has 1 aromatic carbocycles. The molecule has 0 spiro atoms. The minimum atomic E-state index is -0.795. The molecule has 4 rings (SSSR count). The molecule has 0 N–H and O–H groups in total. The third kappa shape index (κ3) is 6.55. The van der Waals surface area contributed by atoms with E-state index in [4.69, 9.17) is 4.74 Å². The van der Waals surface area contributed by atoms with Crippen LogP contribution in [0, 0.1) is 41.2 Å². The van der Waals surface area contributed by atoms with E-state index >= 15 is 0 Å². The zero-order chi connectivity index (χ0) is 23.9. The van der Waals surface area contributed by atoms with E-state index in [1.807, 2.05) is 6.92 Å². The van der Waals surface area contributed by atoms with Gasteiger partial charge in [0.2, 0.25) is 5.82 Å². The van der Waals surface area contributed by atoms with E-state index in [9.17, 15) is 8.78 Å². The molecule has 4 unspecified atom stereocenters. The number of halogens is 2. The summed E-state index contributed by atoms with van der Waals surface area (Å²) in [6, 6.07) is 3.43. The van der Waals surface area contributed by atoms with Crippen LogP contribution >= 0.6 is 0 Å². The molecule has 34 heavy (non-hydrogen) atoms. The van der Waals surface area contributed by atoms with Crippen molar-refractivity contribution in [2.75, 3.05) is 6.61 Å². The molecule has 0 bridgehead atoms. The van der Waals surface area contributed by atoms with E-state index in [1.165, 1.54) is 83.5 Å². The normalized spacial score (nSPS) is 31.8. The van der Waals surface area contributed by atoms with Gasteiger partial charge >= 0.3 is 0 Å². The molecule has 0 amide bonds. The minimum absolute atomic E-state index is 0.0618. The van der Waals surface area contributed by atoms with Crippen molar-refractivity contribution < 1.29 is 13.5 Å². The Morgan fingerprint density at radius 1 is 0.706 bits per heavy atom. The average Bonchev–Trinajstić information content (AvgIpc) is 2.87. The van der Waals surface area contributed by atoms with Gasteiger partial charge in [0.05, 0.1) is 6.61 Å². The van der Waals surface area contributed by atoms with Gasteiger partial charge in [-0.15, -0.1) is 0 Å². The second-order valence-electron chi connectivity index (χ2n) is 11.9. The van der Waals surface area contributed by atoms with Crippen molar-refractivity contribution in [2.24, 2.45) is 29.6 Å². The lowest BCUT2D eigenvalue weighted by atomic mass is 9.63. The standard InChI is InChI=1S/C31H48F2O/c1-3-5-6-22-7-9-23(10-8-22)11-12-24-13-14-26-21-27(16-15-25(26)20-24)28-17-18-29(34-19-4-2)31(33)30(28)32/h17-18,22-27H,3-16,19-21H2,1-2H3. The number of hydrogen-bond acceptors (Lipinski definition) is 1. The number of ether oxygens (including phenoxy) is 1. The Morgan fingerprint density at radius 2 is 1.35 bits per heavy atom. The molecule has 0 aromatic heterocycles. The summed E-state index contributed by atoms with van der Waals surface area (Å²) in [6.45, 7) is 4.70. The molecule has 0 saturated heterocycles. The van der Waals surface area contributed by atoms with Crippen molar-refractivity contribution in [2.45, 2.75) is 122 Å². The average molecular weight is 475 g/mol. The fraction of sp³-hybridized carbons (Fsp3) is 0.806. The highest BCUT2D eigenvalue weighted by atomic mass is 19.2. The zero-order valence-corrected chi connectivity index (χ0v) is 21.8. The van der Waals surface area contributed by atoms with Crippen LogP contribution in [0.2, 0.25) is 0 Å². The van der Waals surface area contributed by atoms with Crippen LogP contribution < -0.4 is 4.74 Å². The van der Waals surface area contributed by atoms with Crippen LogP contribution in [-0.4, -0.2) is 6.61 Å². The van der Waals surface area contributed by atoms with Crippen LogP contribution in [-0.2, 0) is 0 Å². The maximum atomic E-state index is 14.9. The molecule has 0 radical (unpaired) electrons. The summed E-state index contributed by atoms with van der Waals surface area (Å²) in [7, 11) is 0. The highest BCUT2D eigenvalue weighted by molar-refractivity contribution is 5.33. The number of unbranched alkanes of at least 4 members (excludes halogenated alkanes) is 1. The predicted molar refractivity (Wildman–Crippen MR) is 137 cm³/mol. The molecule has 3 heteroatoms. The number of benzene rings is 1. The summed E-state index contributed by atoms with van der Waals surface area (Å²) in [5, 5.41) is 0. The first kappa shape index (κ1) is 26.0. The number of hydrogen-bond donors (Lipinski definition) is 0. The van der Waals surface area contributed by atoms with Gasteiger partial charge in [0, 0.05) is 0 Å². The topological polar surface area (TPSA) is 9.23 Å². The zero-order valence-electron chi connectivity index (χ0n) is 21.8. The van der Waals surface area contributed by atoms with Crippen molar-refractivity contribution in [1.29, 1.82) is 0 Å². The minimum Gasteiger partial charge on any atom is -0.490 e. The Kier molecular flexibility index (Phi) is 9.71. The third-order valence-electron chi connectivity index (χ3n) is 9.62. The molecule has 1 nitrogen and oxygen atoms in total. The van der Waals surface area contributed by atoms with Crippen molar-refractivity contribution in [3.63, 3.8) is 0 Å². The number of rotatable bonds is 10. The molecule has 1 aromatic rings. The van der Waals surface area contributed by atoms with Gasteiger partial charge in [-0.2, -0.15) is 4.39 Å². The molecular formula is C31H48F2O. The predicted octanol–water partition coefficient (Wildman–Crippen LogP) is 9.83. The van der Waals surface area contributed by atoms with Crippen LogP contribution in [0.15, 0.2) is 12.1 Å². The van der Waals surface area contributed by atoms with E-state index < -0.39 is 11.6 Å². The fourth-order valence-corrected chi connectivity index (χ4v) is 7.49. The maximum Gasteiger partial charge on any atom is 0.200 e. The molecule has 3 fully saturated rings. The van der Waals surface area contributed by atoms with Gasteiger partial charge in [0.1, 0.15) is 0 Å². The van der Waals surface area contributed by atoms with Crippen molar-refractivity contribution in [3.8, 4) is 5.75 Å². The molecule has 0 aliphatic heterocycles. The highest BCUT2D eigenvalue weighted by Gasteiger charge is 2.37. The smallest absolute Gasteiger partial charge is 0.200 e. The Morgan fingerprint density at radius 3 is 2.09 bits per heavy atom. The van der Waals surface area contributed by atoms with Gasteiger partial charge in [-0.25, -0.2) is 4.39 Å². The van der Waals surface area contributed by atoms with Gasteiger partial charge in [-0.1, -0.05) is 84.1 Å². The Bertz CT molecular complexity index is 754. The summed E-state index contributed by atoms with van der Waals surface area (Å²) in [5.41, 5.74) is 0.580. The van der Waals surface area contributed by atoms with E-state index in [-0.39, 0.29) is 11.7 Å². The van der Waals surface area contributed by atoms with Gasteiger partial charge in [0.15, 0.2) is 11.6 Å². The summed E-state index contributed by atoms with van der Waals surface area (Å²) in [4.78, 5) is 0. The summed E-state index contributed by atoms with van der Waals surface area (Å²) >= 11 is 0. The van der Waals surface area contributed by atoms with Gasteiger partial charge in [0.25, 0.3) is 0 Å². The molecule has 3 aliphatic carbocycles. The summed E-state index contributed by atoms with van der Waals surface area (Å²) in [6.07, 6.45) is 21.0. The lowest BCUT2D eigenvalue weighted by Crippen LogP contribution is -2.31. The lowest BCUT2D eigenvalue weighted by Gasteiger charge is -2.43. The Labute approximate surface area is 207 Å². The van der Waals surface area contributed by atoms with E-state index in [0.717, 1.165) is 42.9 Å². The van der Waals surface area contributed by atoms with Crippen molar-refractivity contribution in [1.82, 2.24) is 0 Å². The Hall–Kier alpha value is -1.12. The van der Waals surface area contributed by atoms with Crippen molar-refractivity contribution in [3.05, 3.63) is 29.3 Å². The molecule has 192 valence electrons. The van der Waals surface area contributed by atoms with Crippen LogP contribution in [0.1, 0.15) is 128 Å². The largest absolute Gasteiger partial charge is 0.490 e. The second-order valence-corrected chi connectivity index (χ2v) is 11.9. The van der Waals surface area contributed by atoms with Gasteiger partial charge in [-0.3, -0.25) is 0 Å². The first-order chi connectivity index (χ1) is 16.6. The molecule has 3 saturated carbocycles. The first-order valence-electron chi connectivity index (χ1n) is 14.7.